The molecule has 0 radical (unpaired) electrons. The van der Waals surface area contributed by atoms with E-state index in [4.69, 9.17) is 0 Å². The van der Waals surface area contributed by atoms with Gasteiger partial charge >= 0.3 is 12.0 Å². The fraction of sp³-hybridized carbons (Fsp3) is 0.750. The first-order valence-corrected chi connectivity index (χ1v) is 4.17. The summed E-state index contributed by atoms with van der Waals surface area (Å²) in [5.74, 6) is -0.422. The van der Waals surface area contributed by atoms with Gasteiger partial charge in [0.05, 0.1) is 7.11 Å². The Balaban J connectivity index is 3.75. The fourth-order valence-corrected chi connectivity index (χ4v) is 0.697. The molecule has 5 nitrogen and oxygen atoms in total. The predicted molar refractivity (Wildman–Crippen MR) is 48.3 cm³/mol. The Labute approximate surface area is 78.0 Å². The molecule has 76 valence electrons. The van der Waals surface area contributed by atoms with E-state index in [0.717, 1.165) is 6.42 Å². The fourth-order valence-electron chi connectivity index (χ4n) is 0.697. The zero-order valence-corrected chi connectivity index (χ0v) is 8.29. The highest BCUT2D eigenvalue weighted by molar-refractivity contribution is 5.80. The van der Waals surface area contributed by atoms with Crippen LogP contribution in [0.1, 0.15) is 13.3 Å². The van der Waals surface area contributed by atoms with Gasteiger partial charge < -0.3 is 15.0 Å². The number of likely N-dealkylation sites (N-methyl/N-ethyl adjacent to an activating group) is 1. The van der Waals surface area contributed by atoms with Gasteiger partial charge in [-0.1, -0.05) is 6.92 Å². The zero-order valence-electron chi connectivity index (χ0n) is 8.29. The Kier molecular flexibility index (Phi) is 5.67. The summed E-state index contributed by atoms with van der Waals surface area (Å²) in [4.78, 5) is 23.2. The molecule has 0 saturated heterocycles. The van der Waals surface area contributed by atoms with Crippen LogP contribution in [0.25, 0.3) is 0 Å². The number of ether oxygens (including phenoxy) is 1. The number of carbonyl (C=O) groups excluding carboxylic acids is 2. The van der Waals surface area contributed by atoms with E-state index in [1.165, 1.54) is 12.0 Å². The second kappa shape index (κ2) is 6.28. The van der Waals surface area contributed by atoms with Crippen LogP contribution in [-0.2, 0) is 9.53 Å². The van der Waals surface area contributed by atoms with Crippen LogP contribution in [0.2, 0.25) is 0 Å². The highest BCUT2D eigenvalue weighted by Gasteiger charge is 2.11. The maximum atomic E-state index is 11.2. The van der Waals surface area contributed by atoms with E-state index in [0.29, 0.717) is 6.54 Å². The minimum Gasteiger partial charge on any atom is -0.468 e. The van der Waals surface area contributed by atoms with Crippen LogP contribution in [-0.4, -0.2) is 44.1 Å². The van der Waals surface area contributed by atoms with Gasteiger partial charge in [0.1, 0.15) is 6.54 Å². The third kappa shape index (κ3) is 5.05. The van der Waals surface area contributed by atoms with Crippen molar-refractivity contribution in [3.8, 4) is 0 Å². The largest absolute Gasteiger partial charge is 0.468 e. The SMILES string of the molecule is CCCNC(=O)N(C)CC(=O)OC. The molecule has 0 aromatic rings. The lowest BCUT2D eigenvalue weighted by Crippen LogP contribution is -2.40. The molecule has 13 heavy (non-hydrogen) atoms. The van der Waals surface area contributed by atoms with Gasteiger partial charge in [0.15, 0.2) is 0 Å². The summed E-state index contributed by atoms with van der Waals surface area (Å²) in [5, 5.41) is 2.64. The first-order valence-electron chi connectivity index (χ1n) is 4.17. The lowest BCUT2D eigenvalue weighted by atomic mass is 10.5. The van der Waals surface area contributed by atoms with Crippen LogP contribution in [0.5, 0.6) is 0 Å². The molecule has 0 aliphatic carbocycles. The average Bonchev–Trinajstić information content (AvgIpc) is 2.13. The van der Waals surface area contributed by atoms with Crippen molar-refractivity contribution in [1.29, 1.82) is 0 Å². The number of nitrogens with zero attached hydrogens (tertiary/aromatic N) is 1. The Morgan fingerprint density at radius 3 is 2.54 bits per heavy atom. The van der Waals surface area contributed by atoms with Crippen LogP contribution < -0.4 is 5.32 Å². The van der Waals surface area contributed by atoms with Gasteiger partial charge in [0.2, 0.25) is 0 Å². The van der Waals surface area contributed by atoms with Crippen LogP contribution in [0.15, 0.2) is 0 Å². The number of esters is 1. The molecular weight excluding hydrogens is 172 g/mol. The van der Waals surface area contributed by atoms with Crippen molar-refractivity contribution in [2.75, 3.05) is 27.2 Å². The number of carbonyl (C=O) groups is 2. The molecular formula is C8H16N2O3. The molecule has 1 N–H and O–H groups in total. The van der Waals surface area contributed by atoms with Crippen molar-refractivity contribution in [3.63, 3.8) is 0 Å². The standard InChI is InChI=1S/C8H16N2O3/c1-4-5-9-8(12)10(2)6-7(11)13-3/h4-6H2,1-3H3,(H,9,12). The van der Waals surface area contributed by atoms with Crippen LogP contribution in [0.4, 0.5) is 4.79 Å². The first kappa shape index (κ1) is 11.7. The van der Waals surface area contributed by atoms with Gasteiger partial charge in [-0.3, -0.25) is 4.79 Å². The third-order valence-corrected chi connectivity index (χ3v) is 1.47. The summed E-state index contributed by atoms with van der Waals surface area (Å²) in [6.45, 7) is 2.55. The topological polar surface area (TPSA) is 58.6 Å². The summed E-state index contributed by atoms with van der Waals surface area (Å²) in [7, 11) is 2.84. The van der Waals surface area contributed by atoms with E-state index in [1.807, 2.05) is 6.92 Å². The van der Waals surface area contributed by atoms with Crippen molar-refractivity contribution < 1.29 is 14.3 Å². The zero-order chi connectivity index (χ0) is 10.3. The highest BCUT2D eigenvalue weighted by atomic mass is 16.5. The highest BCUT2D eigenvalue weighted by Crippen LogP contribution is 1.86. The van der Waals surface area contributed by atoms with Gasteiger partial charge in [-0.15, -0.1) is 0 Å². The quantitative estimate of drug-likeness (QED) is 0.642. The number of methoxy groups -OCH3 is 1. The van der Waals surface area contributed by atoms with Gasteiger partial charge in [-0.25, -0.2) is 4.79 Å². The predicted octanol–water partition coefficient (Wildman–Crippen LogP) is 0.211. The molecule has 0 aliphatic rings. The number of amides is 2. The number of nitrogens with one attached hydrogen (secondary N) is 1. The first-order chi connectivity index (χ1) is 6.11. The Morgan fingerprint density at radius 1 is 1.46 bits per heavy atom. The molecule has 5 heteroatoms. The van der Waals surface area contributed by atoms with E-state index < -0.39 is 5.97 Å². The van der Waals surface area contributed by atoms with Gasteiger partial charge in [-0.2, -0.15) is 0 Å². The molecule has 0 rings (SSSR count). The Morgan fingerprint density at radius 2 is 2.08 bits per heavy atom. The van der Waals surface area contributed by atoms with E-state index in [9.17, 15) is 9.59 Å². The molecule has 2 amide bonds. The summed E-state index contributed by atoms with van der Waals surface area (Å²) in [6.07, 6.45) is 0.873. The number of rotatable bonds is 4. The number of hydrogen-bond acceptors (Lipinski definition) is 3. The molecule has 0 fully saturated rings. The molecule has 0 heterocycles. The van der Waals surface area contributed by atoms with Crippen LogP contribution in [0.3, 0.4) is 0 Å². The molecule has 0 spiro atoms. The smallest absolute Gasteiger partial charge is 0.325 e. The van der Waals surface area contributed by atoms with E-state index in [-0.39, 0.29) is 12.6 Å². The van der Waals surface area contributed by atoms with Crippen molar-refractivity contribution in [2.45, 2.75) is 13.3 Å². The molecule has 0 aromatic carbocycles. The maximum Gasteiger partial charge on any atom is 0.325 e. The van der Waals surface area contributed by atoms with E-state index >= 15 is 0 Å². The van der Waals surface area contributed by atoms with Crippen molar-refractivity contribution in [2.24, 2.45) is 0 Å². The Bertz CT molecular complexity index is 182. The molecule has 0 saturated carbocycles. The molecule has 0 unspecified atom stereocenters. The summed E-state index contributed by atoms with van der Waals surface area (Å²) in [6, 6.07) is -0.257. The van der Waals surface area contributed by atoms with Gasteiger partial charge in [0.25, 0.3) is 0 Å². The lowest BCUT2D eigenvalue weighted by molar-refractivity contribution is -0.140. The maximum absolute atomic E-state index is 11.2. The van der Waals surface area contributed by atoms with Crippen LogP contribution in [0, 0.1) is 0 Å². The second-order valence-corrected chi connectivity index (χ2v) is 2.66. The van der Waals surface area contributed by atoms with Gasteiger partial charge in [0, 0.05) is 13.6 Å². The van der Waals surface area contributed by atoms with Crippen molar-refractivity contribution in [3.05, 3.63) is 0 Å². The monoisotopic (exact) mass is 188 g/mol. The lowest BCUT2D eigenvalue weighted by Gasteiger charge is -2.15. The molecule has 0 atom stereocenters. The molecule has 0 bridgehead atoms. The number of urea groups is 1. The summed E-state index contributed by atoms with van der Waals surface area (Å²) < 4.78 is 4.41. The normalized spacial score (nSPS) is 9.15. The minimum atomic E-state index is -0.422. The van der Waals surface area contributed by atoms with Crippen molar-refractivity contribution in [1.82, 2.24) is 10.2 Å². The van der Waals surface area contributed by atoms with Crippen LogP contribution >= 0.6 is 0 Å². The van der Waals surface area contributed by atoms with Crippen molar-refractivity contribution >= 4 is 12.0 Å². The summed E-state index contributed by atoms with van der Waals surface area (Å²) >= 11 is 0. The third-order valence-electron chi connectivity index (χ3n) is 1.47. The minimum absolute atomic E-state index is 0.0218. The summed E-state index contributed by atoms with van der Waals surface area (Å²) in [5.41, 5.74) is 0. The molecule has 0 aliphatic heterocycles. The van der Waals surface area contributed by atoms with E-state index in [2.05, 4.69) is 10.1 Å². The van der Waals surface area contributed by atoms with Gasteiger partial charge in [-0.05, 0) is 6.42 Å². The Hall–Kier alpha value is -1.26. The number of hydrogen-bond donors (Lipinski definition) is 1. The molecule has 0 aromatic heterocycles. The van der Waals surface area contributed by atoms with E-state index in [1.54, 1.807) is 7.05 Å². The average molecular weight is 188 g/mol. The second-order valence-electron chi connectivity index (χ2n) is 2.66.